The summed E-state index contributed by atoms with van der Waals surface area (Å²) < 4.78 is 12.7. The first kappa shape index (κ1) is 24.7. The lowest BCUT2D eigenvalue weighted by Crippen LogP contribution is -2.21. The number of nitrogens with zero attached hydrogens (tertiary/aromatic N) is 2. The molecule has 0 fully saturated rings. The molecular formula is C25H31N3O4. The van der Waals surface area contributed by atoms with Crippen molar-refractivity contribution in [1.29, 1.82) is 5.26 Å². The van der Waals surface area contributed by atoms with Crippen molar-refractivity contribution < 1.29 is 19.1 Å². The van der Waals surface area contributed by atoms with Crippen molar-refractivity contribution in [3.05, 3.63) is 52.9 Å². The molecule has 1 aromatic carbocycles. The van der Waals surface area contributed by atoms with Crippen LogP contribution in [-0.4, -0.2) is 29.7 Å². The molecule has 170 valence electrons. The van der Waals surface area contributed by atoms with E-state index in [9.17, 15) is 14.9 Å². The second-order valence-electron chi connectivity index (χ2n) is 7.88. The average Bonchev–Trinajstić information content (AvgIpc) is 3.02. The summed E-state index contributed by atoms with van der Waals surface area (Å²) in [6.45, 7) is 11.0. The molecule has 0 saturated carbocycles. The molecule has 32 heavy (non-hydrogen) atoms. The molecule has 0 aliphatic carbocycles. The number of carbonyl (C=O) groups excluding carboxylic acids is 2. The van der Waals surface area contributed by atoms with Crippen LogP contribution in [-0.2, 0) is 20.9 Å². The van der Waals surface area contributed by atoms with Gasteiger partial charge in [0.05, 0.1) is 12.3 Å². The largest absolute Gasteiger partial charge is 0.492 e. The minimum absolute atomic E-state index is 0.156. The van der Waals surface area contributed by atoms with Crippen molar-refractivity contribution in [2.75, 3.05) is 18.5 Å². The molecule has 2 rings (SSSR count). The number of para-hydroxylation sites is 2. The average molecular weight is 438 g/mol. The molecule has 0 aliphatic heterocycles. The quantitative estimate of drug-likeness (QED) is 0.332. The molecule has 0 spiro atoms. The van der Waals surface area contributed by atoms with Gasteiger partial charge in [-0.2, -0.15) is 5.26 Å². The number of aromatic nitrogens is 1. The summed E-state index contributed by atoms with van der Waals surface area (Å²) in [4.78, 5) is 24.6. The lowest BCUT2D eigenvalue weighted by atomic mass is 10.1. The van der Waals surface area contributed by atoms with Gasteiger partial charge in [0.2, 0.25) is 0 Å². The Labute approximate surface area is 189 Å². The van der Waals surface area contributed by atoms with Crippen molar-refractivity contribution >= 4 is 23.6 Å². The van der Waals surface area contributed by atoms with Gasteiger partial charge in [0.25, 0.3) is 5.91 Å². The Balaban J connectivity index is 2.04. The highest BCUT2D eigenvalue weighted by atomic mass is 16.5. The van der Waals surface area contributed by atoms with Crippen LogP contribution in [0.4, 0.5) is 5.69 Å². The van der Waals surface area contributed by atoms with Crippen molar-refractivity contribution in [2.24, 2.45) is 5.92 Å². The van der Waals surface area contributed by atoms with Gasteiger partial charge in [0, 0.05) is 17.9 Å². The van der Waals surface area contributed by atoms with Crippen molar-refractivity contribution in [2.45, 2.75) is 47.6 Å². The second-order valence-corrected chi connectivity index (χ2v) is 7.88. The van der Waals surface area contributed by atoms with Crippen LogP contribution in [0.5, 0.6) is 5.75 Å². The zero-order valence-electron chi connectivity index (χ0n) is 19.4. The number of anilines is 1. The summed E-state index contributed by atoms with van der Waals surface area (Å²) in [5.41, 5.74) is 3.16. The molecule has 1 amide bonds. The molecule has 7 heteroatoms. The number of esters is 1. The topological polar surface area (TPSA) is 93.3 Å². The van der Waals surface area contributed by atoms with Crippen molar-refractivity contribution in [3.63, 3.8) is 0 Å². The summed E-state index contributed by atoms with van der Waals surface area (Å²) in [5.74, 6) is -0.256. The minimum Gasteiger partial charge on any atom is -0.492 e. The van der Waals surface area contributed by atoms with Gasteiger partial charge in [-0.1, -0.05) is 26.0 Å². The summed E-state index contributed by atoms with van der Waals surface area (Å²) in [6, 6.07) is 10.8. The number of aryl methyl sites for hydroxylation is 1. The lowest BCUT2D eigenvalue weighted by Gasteiger charge is -2.11. The number of hydrogen-bond donors (Lipinski definition) is 1. The Bertz CT molecular complexity index is 1030. The minimum atomic E-state index is -0.840. The molecule has 1 aromatic heterocycles. The maximum Gasteiger partial charge on any atom is 0.349 e. The highest BCUT2D eigenvalue weighted by Crippen LogP contribution is 2.23. The van der Waals surface area contributed by atoms with Gasteiger partial charge in [0.15, 0.2) is 6.61 Å². The number of benzene rings is 1. The van der Waals surface area contributed by atoms with Crippen LogP contribution in [0.3, 0.4) is 0 Å². The fourth-order valence-corrected chi connectivity index (χ4v) is 3.24. The van der Waals surface area contributed by atoms with Crippen LogP contribution in [0, 0.1) is 31.1 Å². The standard InChI is InChI=1S/C25H31N3O4/c1-6-31-23-10-8-7-9-22(23)27-24(29)16-32-25(30)21(15-26)14-20-13-18(4)28(19(20)5)12-11-17(2)3/h7-10,13-14,17H,6,11-12,16H2,1-5H3,(H,27,29)/b21-14+. The summed E-state index contributed by atoms with van der Waals surface area (Å²) in [5, 5.41) is 12.1. The molecular weight excluding hydrogens is 406 g/mol. The number of nitrogens with one attached hydrogen (secondary N) is 1. The maximum absolute atomic E-state index is 12.4. The molecule has 0 unspecified atom stereocenters. The Morgan fingerprint density at radius 3 is 2.62 bits per heavy atom. The van der Waals surface area contributed by atoms with E-state index in [2.05, 4.69) is 23.7 Å². The number of rotatable bonds is 10. The third-order valence-corrected chi connectivity index (χ3v) is 4.98. The fraction of sp³-hybridized carbons (Fsp3) is 0.400. The highest BCUT2D eigenvalue weighted by Gasteiger charge is 2.16. The Kier molecular flexibility index (Phi) is 9.08. The van der Waals surface area contributed by atoms with Gasteiger partial charge in [0.1, 0.15) is 17.4 Å². The van der Waals surface area contributed by atoms with Gasteiger partial charge >= 0.3 is 5.97 Å². The van der Waals surface area contributed by atoms with Crippen LogP contribution in [0.1, 0.15) is 44.1 Å². The van der Waals surface area contributed by atoms with Gasteiger partial charge in [-0.25, -0.2) is 4.79 Å². The van der Waals surface area contributed by atoms with Crippen molar-refractivity contribution in [3.8, 4) is 11.8 Å². The van der Waals surface area contributed by atoms with E-state index in [4.69, 9.17) is 9.47 Å². The van der Waals surface area contributed by atoms with E-state index < -0.39 is 18.5 Å². The number of ether oxygens (including phenoxy) is 2. The molecule has 0 atom stereocenters. The first-order valence-corrected chi connectivity index (χ1v) is 10.7. The Hall–Kier alpha value is -3.53. The van der Waals surface area contributed by atoms with E-state index in [1.807, 2.05) is 32.9 Å². The Morgan fingerprint density at radius 1 is 1.25 bits per heavy atom. The molecule has 0 aliphatic rings. The third-order valence-electron chi connectivity index (χ3n) is 4.98. The predicted octanol–water partition coefficient (Wildman–Crippen LogP) is 4.64. The van der Waals surface area contributed by atoms with Crippen LogP contribution < -0.4 is 10.1 Å². The van der Waals surface area contributed by atoms with E-state index >= 15 is 0 Å². The van der Waals surface area contributed by atoms with E-state index in [-0.39, 0.29) is 5.57 Å². The van der Waals surface area contributed by atoms with Gasteiger partial charge in [-0.05, 0) is 62.9 Å². The van der Waals surface area contributed by atoms with Gasteiger partial charge < -0.3 is 19.4 Å². The lowest BCUT2D eigenvalue weighted by molar-refractivity contribution is -0.142. The Morgan fingerprint density at radius 2 is 1.97 bits per heavy atom. The predicted molar refractivity (Wildman–Crippen MR) is 124 cm³/mol. The van der Waals surface area contributed by atoms with E-state index in [1.54, 1.807) is 24.3 Å². The fourth-order valence-electron chi connectivity index (χ4n) is 3.24. The zero-order chi connectivity index (χ0) is 23.7. The molecule has 1 N–H and O–H groups in total. The smallest absolute Gasteiger partial charge is 0.349 e. The SMILES string of the molecule is CCOc1ccccc1NC(=O)COC(=O)/C(C#N)=C/c1cc(C)n(CCC(C)C)c1C. The highest BCUT2D eigenvalue weighted by molar-refractivity contribution is 6.00. The maximum atomic E-state index is 12.4. The zero-order valence-corrected chi connectivity index (χ0v) is 19.4. The molecule has 1 heterocycles. The number of carbonyl (C=O) groups is 2. The van der Waals surface area contributed by atoms with Crippen LogP contribution in [0.25, 0.3) is 6.08 Å². The number of nitriles is 1. The summed E-state index contributed by atoms with van der Waals surface area (Å²) in [6.07, 6.45) is 2.55. The molecule has 0 radical (unpaired) electrons. The first-order chi connectivity index (χ1) is 15.3. The van der Waals surface area contributed by atoms with E-state index in [0.29, 0.717) is 24.0 Å². The van der Waals surface area contributed by atoms with Gasteiger partial charge in [-0.3, -0.25) is 4.79 Å². The molecule has 0 bridgehead atoms. The first-order valence-electron chi connectivity index (χ1n) is 10.7. The second kappa shape index (κ2) is 11.8. The summed E-state index contributed by atoms with van der Waals surface area (Å²) in [7, 11) is 0. The normalized spacial score (nSPS) is 11.2. The van der Waals surface area contributed by atoms with E-state index in [1.165, 1.54) is 6.08 Å². The molecule has 2 aromatic rings. The summed E-state index contributed by atoms with van der Waals surface area (Å²) >= 11 is 0. The molecule has 0 saturated heterocycles. The number of amides is 1. The number of hydrogen-bond acceptors (Lipinski definition) is 5. The third kappa shape index (κ3) is 6.74. The van der Waals surface area contributed by atoms with E-state index in [0.717, 1.165) is 29.9 Å². The molecule has 7 nitrogen and oxygen atoms in total. The van der Waals surface area contributed by atoms with Crippen molar-refractivity contribution in [1.82, 2.24) is 4.57 Å². The van der Waals surface area contributed by atoms with Gasteiger partial charge in [-0.15, -0.1) is 0 Å². The van der Waals surface area contributed by atoms with Crippen LogP contribution in [0.2, 0.25) is 0 Å². The monoisotopic (exact) mass is 437 g/mol. The van der Waals surface area contributed by atoms with Crippen LogP contribution in [0.15, 0.2) is 35.9 Å². The van der Waals surface area contributed by atoms with Crippen LogP contribution >= 0.6 is 0 Å².